The van der Waals surface area contributed by atoms with Crippen molar-refractivity contribution in [1.29, 1.82) is 0 Å². The lowest BCUT2D eigenvalue weighted by atomic mass is 10.4. The number of methoxy groups -OCH3 is 1. The maximum Gasteiger partial charge on any atom is 0.0781 e. The van der Waals surface area contributed by atoms with E-state index < -0.39 is 0 Å². The molecule has 1 unspecified atom stereocenters. The van der Waals surface area contributed by atoms with E-state index in [0.29, 0.717) is 33.0 Å². The summed E-state index contributed by atoms with van der Waals surface area (Å²) in [7, 11) is 1.66. The van der Waals surface area contributed by atoms with Crippen LogP contribution in [0.15, 0.2) is 0 Å². The van der Waals surface area contributed by atoms with Crippen molar-refractivity contribution >= 4 is 15.9 Å². The highest BCUT2D eigenvalue weighted by molar-refractivity contribution is 9.09. The average Bonchev–Trinajstić information content (AvgIpc) is 2.48. The van der Waals surface area contributed by atoms with E-state index in [1.807, 2.05) is 34.6 Å². The van der Waals surface area contributed by atoms with Crippen LogP contribution in [0.5, 0.6) is 0 Å². The van der Waals surface area contributed by atoms with Crippen molar-refractivity contribution in [2.24, 2.45) is 0 Å². The minimum Gasteiger partial charge on any atom is -0.382 e. The first-order valence-electron chi connectivity index (χ1n) is 7.13. The summed E-state index contributed by atoms with van der Waals surface area (Å²) < 4.78 is 20.9. The summed E-state index contributed by atoms with van der Waals surface area (Å²) in [6.07, 6.45) is 0.106. The molecule has 0 fully saturated rings. The lowest BCUT2D eigenvalue weighted by Crippen LogP contribution is -2.20. The predicted octanol–water partition coefficient (Wildman–Crippen LogP) is 3.52. The van der Waals surface area contributed by atoms with Gasteiger partial charge in [-0.1, -0.05) is 43.6 Å². The van der Waals surface area contributed by atoms with Crippen LogP contribution < -0.4 is 0 Å². The molecule has 0 saturated heterocycles. The molecule has 0 spiro atoms. The summed E-state index contributed by atoms with van der Waals surface area (Å²) >= 11 is 3.28. The molecule has 0 heterocycles. The molecule has 0 aromatic heterocycles. The van der Waals surface area contributed by atoms with Crippen LogP contribution in [-0.2, 0) is 18.9 Å². The molecule has 0 rings (SSSR count). The Morgan fingerprint density at radius 1 is 0.842 bits per heavy atom. The van der Waals surface area contributed by atoms with Crippen LogP contribution in [0.1, 0.15) is 34.6 Å². The Bertz CT molecular complexity index is 126. The molecule has 0 aromatic carbocycles. The molecule has 0 N–H and O–H groups in total. The minimum atomic E-state index is 0.106. The van der Waals surface area contributed by atoms with Crippen LogP contribution in [0.4, 0.5) is 0 Å². The zero-order chi connectivity index (χ0) is 15.4. The SMILES string of the molecule is CC.CC.COCCOCC(C)OCCOCCBr. The van der Waals surface area contributed by atoms with Gasteiger partial charge in [0.25, 0.3) is 0 Å². The van der Waals surface area contributed by atoms with Gasteiger partial charge in [-0.2, -0.15) is 0 Å². The lowest BCUT2D eigenvalue weighted by Gasteiger charge is -2.13. The highest BCUT2D eigenvalue weighted by Gasteiger charge is 2.01. The van der Waals surface area contributed by atoms with Gasteiger partial charge in [0.1, 0.15) is 0 Å². The third-order valence-corrected chi connectivity index (χ3v) is 1.96. The van der Waals surface area contributed by atoms with Gasteiger partial charge >= 0.3 is 0 Å². The van der Waals surface area contributed by atoms with Gasteiger partial charge in [-0.05, 0) is 6.92 Å². The highest BCUT2D eigenvalue weighted by atomic mass is 79.9. The molecule has 120 valence electrons. The van der Waals surface area contributed by atoms with Crippen LogP contribution in [-0.4, -0.2) is 58.2 Å². The molecular formula is C14H33BrO4. The molecule has 0 aliphatic heterocycles. The van der Waals surface area contributed by atoms with Crippen molar-refractivity contribution in [3.05, 3.63) is 0 Å². The van der Waals surface area contributed by atoms with E-state index in [9.17, 15) is 0 Å². The van der Waals surface area contributed by atoms with E-state index in [2.05, 4.69) is 15.9 Å². The van der Waals surface area contributed by atoms with Crippen molar-refractivity contribution in [2.45, 2.75) is 40.7 Å². The first-order chi connectivity index (χ1) is 9.31. The molecule has 0 aliphatic rings. The standard InChI is InChI=1S/C10H21BrO4.2C2H6/c1-10(9-14-6-5-12-2)15-8-7-13-4-3-11;2*1-2/h10H,3-9H2,1-2H3;2*1-2H3. The molecule has 19 heavy (non-hydrogen) atoms. The van der Waals surface area contributed by atoms with E-state index in [0.717, 1.165) is 11.9 Å². The fourth-order valence-electron chi connectivity index (χ4n) is 0.905. The number of rotatable bonds is 11. The minimum absolute atomic E-state index is 0.106. The Balaban J connectivity index is -0.000000579. The largest absolute Gasteiger partial charge is 0.382 e. The smallest absolute Gasteiger partial charge is 0.0781 e. The van der Waals surface area contributed by atoms with Crippen LogP contribution in [0.2, 0.25) is 0 Å². The van der Waals surface area contributed by atoms with E-state index in [1.165, 1.54) is 0 Å². The second-order valence-corrected chi connectivity index (χ2v) is 3.84. The van der Waals surface area contributed by atoms with Gasteiger partial charge in [-0.15, -0.1) is 0 Å². The molecule has 0 saturated carbocycles. The molecular weight excluding hydrogens is 312 g/mol. The Morgan fingerprint density at radius 3 is 1.95 bits per heavy atom. The van der Waals surface area contributed by atoms with Crippen LogP contribution in [0.25, 0.3) is 0 Å². The zero-order valence-corrected chi connectivity index (χ0v) is 15.1. The van der Waals surface area contributed by atoms with E-state index in [-0.39, 0.29) is 6.10 Å². The molecule has 0 bridgehead atoms. The fraction of sp³-hybridized carbons (Fsp3) is 1.00. The van der Waals surface area contributed by atoms with Crippen molar-refractivity contribution in [3.8, 4) is 0 Å². The van der Waals surface area contributed by atoms with Gasteiger partial charge in [-0.3, -0.25) is 0 Å². The van der Waals surface area contributed by atoms with Crippen molar-refractivity contribution in [1.82, 2.24) is 0 Å². The van der Waals surface area contributed by atoms with Crippen molar-refractivity contribution < 1.29 is 18.9 Å². The maximum atomic E-state index is 5.46. The molecule has 5 heteroatoms. The summed E-state index contributed by atoms with van der Waals surface area (Å²) in [5.41, 5.74) is 0. The molecule has 0 aromatic rings. The number of hydrogen-bond acceptors (Lipinski definition) is 4. The topological polar surface area (TPSA) is 36.9 Å². The Labute approximate surface area is 128 Å². The van der Waals surface area contributed by atoms with E-state index >= 15 is 0 Å². The summed E-state index contributed by atoms with van der Waals surface area (Å²) in [5.74, 6) is 0. The van der Waals surface area contributed by atoms with Gasteiger partial charge in [-0.25, -0.2) is 0 Å². The summed E-state index contributed by atoms with van der Waals surface area (Å²) in [5, 5.41) is 0.864. The number of alkyl halides is 1. The van der Waals surface area contributed by atoms with Gasteiger partial charge in [0, 0.05) is 12.4 Å². The summed E-state index contributed by atoms with van der Waals surface area (Å²) in [4.78, 5) is 0. The Hall–Kier alpha value is 0.320. The number of hydrogen-bond donors (Lipinski definition) is 0. The highest BCUT2D eigenvalue weighted by Crippen LogP contribution is 1.92. The second kappa shape index (κ2) is 26.8. The molecule has 1 atom stereocenters. The maximum absolute atomic E-state index is 5.46. The third-order valence-electron chi connectivity index (χ3n) is 1.64. The summed E-state index contributed by atoms with van der Waals surface area (Å²) in [6, 6.07) is 0. The quantitative estimate of drug-likeness (QED) is 0.424. The molecule has 4 nitrogen and oxygen atoms in total. The second-order valence-electron chi connectivity index (χ2n) is 3.05. The molecule has 0 aliphatic carbocycles. The monoisotopic (exact) mass is 344 g/mol. The van der Waals surface area contributed by atoms with Crippen LogP contribution in [0, 0.1) is 0 Å². The summed E-state index contributed by atoms with van der Waals surface area (Å²) in [6.45, 7) is 13.8. The van der Waals surface area contributed by atoms with Gasteiger partial charge in [0.15, 0.2) is 0 Å². The molecule has 0 radical (unpaired) electrons. The van der Waals surface area contributed by atoms with Crippen molar-refractivity contribution in [3.63, 3.8) is 0 Å². The predicted molar refractivity (Wildman–Crippen MR) is 85.4 cm³/mol. The Kier molecular flexibility index (Phi) is 34.3. The average molecular weight is 345 g/mol. The third kappa shape index (κ3) is 27.5. The first kappa shape index (κ1) is 24.3. The fourth-order valence-corrected chi connectivity index (χ4v) is 1.13. The molecule has 0 amide bonds. The van der Waals surface area contributed by atoms with Gasteiger partial charge in [0.2, 0.25) is 0 Å². The van der Waals surface area contributed by atoms with Crippen molar-refractivity contribution in [2.75, 3.05) is 52.1 Å². The van der Waals surface area contributed by atoms with E-state index in [1.54, 1.807) is 7.11 Å². The van der Waals surface area contributed by atoms with Gasteiger partial charge in [0.05, 0.1) is 45.7 Å². The zero-order valence-electron chi connectivity index (χ0n) is 13.5. The van der Waals surface area contributed by atoms with Crippen LogP contribution >= 0.6 is 15.9 Å². The number of ether oxygens (including phenoxy) is 4. The lowest BCUT2D eigenvalue weighted by molar-refractivity contribution is -0.0355. The van der Waals surface area contributed by atoms with E-state index in [4.69, 9.17) is 18.9 Å². The van der Waals surface area contributed by atoms with Gasteiger partial charge < -0.3 is 18.9 Å². The number of halogens is 1. The van der Waals surface area contributed by atoms with Crippen LogP contribution in [0.3, 0.4) is 0 Å². The first-order valence-corrected chi connectivity index (χ1v) is 8.25. The Morgan fingerprint density at radius 2 is 1.42 bits per heavy atom. The normalized spacial score (nSPS) is 10.9.